The number of amides is 1. The summed E-state index contributed by atoms with van der Waals surface area (Å²) < 4.78 is 11.1. The van der Waals surface area contributed by atoms with Crippen LogP contribution >= 0.6 is 0 Å². The van der Waals surface area contributed by atoms with Gasteiger partial charge in [0.1, 0.15) is 23.6 Å². The fourth-order valence-corrected chi connectivity index (χ4v) is 2.88. The van der Waals surface area contributed by atoms with Gasteiger partial charge in [-0.15, -0.1) is 0 Å². The van der Waals surface area contributed by atoms with Crippen molar-refractivity contribution in [1.29, 1.82) is 0 Å². The summed E-state index contributed by atoms with van der Waals surface area (Å²) in [5, 5.41) is 0. The summed E-state index contributed by atoms with van der Waals surface area (Å²) in [5.74, 6) is 0.909. The van der Waals surface area contributed by atoms with Crippen LogP contribution < -0.4 is 4.74 Å². The lowest BCUT2D eigenvalue weighted by molar-refractivity contribution is -0.155. The van der Waals surface area contributed by atoms with E-state index in [2.05, 4.69) is 0 Å². The minimum absolute atomic E-state index is 0.0300. The first-order chi connectivity index (χ1) is 12.3. The van der Waals surface area contributed by atoms with Gasteiger partial charge in [-0.2, -0.15) is 0 Å². The average Bonchev–Trinajstić information content (AvgIpc) is 2.57. The van der Waals surface area contributed by atoms with Crippen LogP contribution in [-0.4, -0.2) is 35.5 Å². The van der Waals surface area contributed by atoms with E-state index in [1.165, 1.54) is 4.90 Å². The highest BCUT2D eigenvalue weighted by Gasteiger charge is 2.28. The average molecular weight is 353 g/mol. The van der Waals surface area contributed by atoms with Crippen LogP contribution in [0.25, 0.3) is 0 Å². The highest BCUT2D eigenvalue weighted by molar-refractivity contribution is 5.98. The maximum Gasteiger partial charge on any atom is 0.326 e. The van der Waals surface area contributed by atoms with Gasteiger partial charge in [0.15, 0.2) is 0 Å². The van der Waals surface area contributed by atoms with Crippen LogP contribution in [0.1, 0.15) is 36.7 Å². The van der Waals surface area contributed by atoms with Gasteiger partial charge in [0, 0.05) is 12.1 Å². The topological polar surface area (TPSA) is 55.8 Å². The Hall–Kier alpha value is -2.82. The molecular formula is C21H23NO4. The second-order valence-corrected chi connectivity index (χ2v) is 7.30. The van der Waals surface area contributed by atoms with Gasteiger partial charge in [-0.25, -0.2) is 0 Å². The molecule has 0 bridgehead atoms. The van der Waals surface area contributed by atoms with E-state index < -0.39 is 11.6 Å². The molecule has 1 aliphatic rings. The molecule has 0 radical (unpaired) electrons. The van der Waals surface area contributed by atoms with Crippen LogP contribution in [0.3, 0.4) is 0 Å². The Kier molecular flexibility index (Phi) is 4.98. The summed E-state index contributed by atoms with van der Waals surface area (Å²) in [6.45, 7) is 5.89. The zero-order valence-electron chi connectivity index (χ0n) is 15.3. The molecule has 0 aliphatic carbocycles. The molecule has 1 heterocycles. The third kappa shape index (κ3) is 4.42. The van der Waals surface area contributed by atoms with E-state index in [-0.39, 0.29) is 12.5 Å². The van der Waals surface area contributed by atoms with Crippen molar-refractivity contribution < 1.29 is 19.1 Å². The maximum atomic E-state index is 12.7. The SMILES string of the molecule is CC(C)(C)OC(=O)CN1CCc2cc(Oc3ccccc3)ccc2C1=O. The van der Waals surface area contributed by atoms with Crippen LogP contribution in [0.2, 0.25) is 0 Å². The minimum Gasteiger partial charge on any atom is -0.459 e. The predicted molar refractivity (Wildman–Crippen MR) is 98.4 cm³/mol. The molecule has 0 unspecified atom stereocenters. The Morgan fingerprint density at radius 1 is 1.08 bits per heavy atom. The molecule has 26 heavy (non-hydrogen) atoms. The molecule has 1 amide bonds. The zero-order chi connectivity index (χ0) is 18.7. The number of fused-ring (bicyclic) bond motifs is 1. The second-order valence-electron chi connectivity index (χ2n) is 7.30. The van der Waals surface area contributed by atoms with Gasteiger partial charge in [-0.1, -0.05) is 18.2 Å². The minimum atomic E-state index is -0.558. The molecule has 1 aliphatic heterocycles. The van der Waals surface area contributed by atoms with Crippen LogP contribution in [0.5, 0.6) is 11.5 Å². The Morgan fingerprint density at radius 2 is 1.81 bits per heavy atom. The Balaban J connectivity index is 1.70. The number of hydrogen-bond donors (Lipinski definition) is 0. The molecule has 0 saturated carbocycles. The highest BCUT2D eigenvalue weighted by Crippen LogP contribution is 2.27. The molecule has 2 aromatic rings. The van der Waals surface area contributed by atoms with Crippen molar-refractivity contribution in [3.8, 4) is 11.5 Å². The molecule has 5 heteroatoms. The summed E-state index contributed by atoms with van der Waals surface area (Å²) in [4.78, 5) is 26.2. The summed E-state index contributed by atoms with van der Waals surface area (Å²) in [5.41, 5.74) is 0.987. The smallest absolute Gasteiger partial charge is 0.326 e. The van der Waals surface area contributed by atoms with Crippen molar-refractivity contribution in [2.24, 2.45) is 0 Å². The van der Waals surface area contributed by atoms with Crippen molar-refractivity contribution >= 4 is 11.9 Å². The largest absolute Gasteiger partial charge is 0.459 e. The van der Waals surface area contributed by atoms with Crippen molar-refractivity contribution in [1.82, 2.24) is 4.90 Å². The van der Waals surface area contributed by atoms with Crippen LogP contribution in [0.4, 0.5) is 0 Å². The lowest BCUT2D eigenvalue weighted by Crippen LogP contribution is -2.42. The molecule has 2 aromatic carbocycles. The van der Waals surface area contributed by atoms with Crippen molar-refractivity contribution in [3.63, 3.8) is 0 Å². The van der Waals surface area contributed by atoms with Gasteiger partial charge in [-0.3, -0.25) is 9.59 Å². The maximum absolute atomic E-state index is 12.7. The Labute approximate surface area is 153 Å². The number of hydrogen-bond acceptors (Lipinski definition) is 4. The molecule has 0 fully saturated rings. The number of ether oxygens (including phenoxy) is 2. The number of para-hydroxylation sites is 1. The molecule has 0 saturated heterocycles. The van der Waals surface area contributed by atoms with Crippen molar-refractivity contribution in [3.05, 3.63) is 59.7 Å². The van der Waals surface area contributed by atoms with Crippen molar-refractivity contribution in [2.75, 3.05) is 13.1 Å². The van der Waals surface area contributed by atoms with Gasteiger partial charge in [0.2, 0.25) is 0 Å². The van der Waals surface area contributed by atoms with E-state index in [0.29, 0.717) is 24.3 Å². The number of carbonyl (C=O) groups is 2. The Morgan fingerprint density at radius 3 is 2.50 bits per heavy atom. The first-order valence-corrected chi connectivity index (χ1v) is 8.69. The number of carbonyl (C=O) groups excluding carboxylic acids is 2. The van der Waals surface area contributed by atoms with Gasteiger partial charge >= 0.3 is 5.97 Å². The van der Waals surface area contributed by atoms with Crippen LogP contribution in [-0.2, 0) is 16.0 Å². The van der Waals surface area contributed by atoms with Gasteiger partial charge < -0.3 is 14.4 Å². The lowest BCUT2D eigenvalue weighted by atomic mass is 9.98. The van der Waals surface area contributed by atoms with Crippen LogP contribution in [0, 0.1) is 0 Å². The first kappa shape index (κ1) is 18.0. The van der Waals surface area contributed by atoms with Crippen molar-refractivity contribution in [2.45, 2.75) is 32.8 Å². The normalized spacial score (nSPS) is 14.0. The third-order valence-electron chi connectivity index (χ3n) is 3.96. The third-order valence-corrected chi connectivity index (χ3v) is 3.96. The standard InChI is InChI=1S/C21H23NO4/c1-21(2,3)26-19(23)14-22-12-11-15-13-17(9-10-18(15)20(22)24)25-16-7-5-4-6-8-16/h4-10,13H,11-12,14H2,1-3H3. The monoisotopic (exact) mass is 353 g/mol. The molecule has 0 spiro atoms. The number of rotatable bonds is 4. The van der Waals surface area contributed by atoms with E-state index in [1.54, 1.807) is 12.1 Å². The quantitative estimate of drug-likeness (QED) is 0.784. The molecule has 136 valence electrons. The number of benzene rings is 2. The first-order valence-electron chi connectivity index (χ1n) is 8.69. The summed E-state index contributed by atoms with van der Waals surface area (Å²) in [7, 11) is 0. The molecule has 0 N–H and O–H groups in total. The van der Waals surface area contributed by atoms with E-state index in [4.69, 9.17) is 9.47 Å². The predicted octanol–water partition coefficient (Wildman–Crippen LogP) is 3.82. The van der Waals surface area contributed by atoms with Crippen LogP contribution in [0.15, 0.2) is 48.5 Å². The summed E-state index contributed by atoms with van der Waals surface area (Å²) in [6, 6.07) is 14.9. The van der Waals surface area contributed by atoms with E-state index >= 15 is 0 Å². The molecular weight excluding hydrogens is 330 g/mol. The fraction of sp³-hybridized carbons (Fsp3) is 0.333. The molecule has 3 rings (SSSR count). The zero-order valence-corrected chi connectivity index (χ0v) is 15.3. The molecule has 0 atom stereocenters. The van der Waals surface area contributed by atoms with E-state index in [0.717, 1.165) is 11.3 Å². The van der Waals surface area contributed by atoms with Gasteiger partial charge in [0.25, 0.3) is 5.91 Å². The number of nitrogens with zero attached hydrogens (tertiary/aromatic N) is 1. The summed E-state index contributed by atoms with van der Waals surface area (Å²) in [6.07, 6.45) is 0.676. The highest BCUT2D eigenvalue weighted by atomic mass is 16.6. The number of esters is 1. The second kappa shape index (κ2) is 7.20. The molecule has 0 aromatic heterocycles. The molecule has 5 nitrogen and oxygen atoms in total. The van der Waals surface area contributed by atoms with E-state index in [9.17, 15) is 9.59 Å². The van der Waals surface area contributed by atoms with Gasteiger partial charge in [-0.05, 0) is 63.1 Å². The fourth-order valence-electron chi connectivity index (χ4n) is 2.88. The Bertz CT molecular complexity index is 809. The van der Waals surface area contributed by atoms with Gasteiger partial charge in [0.05, 0.1) is 0 Å². The summed E-state index contributed by atoms with van der Waals surface area (Å²) >= 11 is 0. The van der Waals surface area contributed by atoms with E-state index in [1.807, 2.05) is 57.2 Å². The lowest BCUT2D eigenvalue weighted by Gasteiger charge is -2.29.